The number of aromatic hydroxyl groups is 1. The smallest absolute Gasteiger partial charge is 0.184 e. The molecule has 76 valence electrons. The molecule has 0 aliphatic carbocycles. The molecule has 14 heavy (non-hydrogen) atoms. The topological polar surface area (TPSA) is 58.9 Å². The minimum Gasteiger partial charge on any atom is -0.508 e. The molecule has 0 amide bonds. The van der Waals surface area contributed by atoms with Gasteiger partial charge in [-0.3, -0.25) is 0 Å². The third kappa shape index (κ3) is 1.87. The maximum Gasteiger partial charge on any atom is 0.184 e. The van der Waals surface area contributed by atoms with Crippen LogP contribution in [0.5, 0.6) is 5.75 Å². The lowest BCUT2D eigenvalue weighted by Crippen LogP contribution is -2.14. The van der Waals surface area contributed by atoms with E-state index in [1.165, 1.54) is 0 Å². The number of rotatable bonds is 2. The summed E-state index contributed by atoms with van der Waals surface area (Å²) in [6.07, 6.45) is -0.665. The summed E-state index contributed by atoms with van der Waals surface area (Å²) in [5.74, 6) is 0.213. The van der Waals surface area contributed by atoms with Crippen LogP contribution >= 0.6 is 0 Å². The maximum absolute atomic E-state index is 9.08. The molecule has 2 rings (SSSR count). The second-order valence-electron chi connectivity index (χ2n) is 3.20. The first kappa shape index (κ1) is 9.45. The number of hydrogen-bond acceptors (Lipinski definition) is 4. The SMILES string of the molecule is OCC1COC(c2ccc(O)cc2)O1. The Kier molecular flexibility index (Phi) is 2.67. The largest absolute Gasteiger partial charge is 0.508 e. The molecule has 2 atom stereocenters. The van der Waals surface area contributed by atoms with Crippen molar-refractivity contribution < 1.29 is 19.7 Å². The van der Waals surface area contributed by atoms with E-state index in [4.69, 9.17) is 19.7 Å². The zero-order chi connectivity index (χ0) is 9.97. The zero-order valence-electron chi connectivity index (χ0n) is 7.59. The lowest BCUT2D eigenvalue weighted by molar-refractivity contribution is -0.0675. The molecule has 1 fully saturated rings. The quantitative estimate of drug-likeness (QED) is 0.734. The fourth-order valence-corrected chi connectivity index (χ4v) is 1.35. The monoisotopic (exact) mass is 196 g/mol. The van der Waals surface area contributed by atoms with E-state index in [2.05, 4.69) is 0 Å². The summed E-state index contributed by atoms with van der Waals surface area (Å²) in [7, 11) is 0. The minimum atomic E-state index is -0.423. The molecule has 4 heteroatoms. The molecule has 1 aromatic carbocycles. The molecule has 0 saturated carbocycles. The average Bonchev–Trinajstić information content (AvgIpc) is 2.67. The molecule has 2 N–H and O–H groups in total. The number of phenols is 1. The Bertz CT molecular complexity index is 295. The van der Waals surface area contributed by atoms with Crippen LogP contribution in [0.1, 0.15) is 11.9 Å². The van der Waals surface area contributed by atoms with E-state index >= 15 is 0 Å². The second-order valence-corrected chi connectivity index (χ2v) is 3.20. The normalized spacial score (nSPS) is 26.6. The van der Waals surface area contributed by atoms with Gasteiger partial charge in [-0.2, -0.15) is 0 Å². The van der Waals surface area contributed by atoms with Gasteiger partial charge in [-0.25, -0.2) is 0 Å². The van der Waals surface area contributed by atoms with Crippen LogP contribution in [0, 0.1) is 0 Å². The van der Waals surface area contributed by atoms with E-state index < -0.39 is 6.29 Å². The first-order chi connectivity index (χ1) is 6.79. The molecule has 4 nitrogen and oxygen atoms in total. The van der Waals surface area contributed by atoms with Gasteiger partial charge in [-0.1, -0.05) is 12.1 Å². The predicted molar refractivity (Wildman–Crippen MR) is 48.8 cm³/mol. The molecule has 1 aliphatic rings. The van der Waals surface area contributed by atoms with Crippen LogP contribution in [0.25, 0.3) is 0 Å². The number of aliphatic hydroxyl groups is 1. The van der Waals surface area contributed by atoms with Gasteiger partial charge < -0.3 is 19.7 Å². The molecule has 2 unspecified atom stereocenters. The molecule has 0 bridgehead atoms. The van der Waals surface area contributed by atoms with Crippen LogP contribution in [0.3, 0.4) is 0 Å². The summed E-state index contributed by atoms with van der Waals surface area (Å²) >= 11 is 0. The van der Waals surface area contributed by atoms with Crippen molar-refractivity contribution in [2.75, 3.05) is 13.2 Å². The maximum atomic E-state index is 9.08. The third-order valence-corrected chi connectivity index (χ3v) is 2.12. The van der Waals surface area contributed by atoms with Crippen LogP contribution < -0.4 is 0 Å². The van der Waals surface area contributed by atoms with Crippen molar-refractivity contribution in [3.8, 4) is 5.75 Å². The van der Waals surface area contributed by atoms with E-state index in [1.807, 2.05) is 0 Å². The number of phenolic OH excluding ortho intramolecular Hbond substituents is 1. The Morgan fingerprint density at radius 3 is 2.57 bits per heavy atom. The molecule has 0 radical (unpaired) electrons. The Hall–Kier alpha value is -1.10. The van der Waals surface area contributed by atoms with Crippen molar-refractivity contribution in [1.82, 2.24) is 0 Å². The summed E-state index contributed by atoms with van der Waals surface area (Å²) in [6.45, 7) is 0.372. The zero-order valence-corrected chi connectivity index (χ0v) is 7.59. The Labute approximate surface area is 81.7 Å². The van der Waals surface area contributed by atoms with Gasteiger partial charge in [0.25, 0.3) is 0 Å². The van der Waals surface area contributed by atoms with Crippen molar-refractivity contribution in [3.63, 3.8) is 0 Å². The highest BCUT2D eigenvalue weighted by atomic mass is 16.7. The molecule has 0 aromatic heterocycles. The summed E-state index contributed by atoms with van der Waals surface area (Å²) in [6, 6.07) is 6.63. The standard InChI is InChI=1S/C10H12O4/c11-5-9-6-13-10(14-9)7-1-3-8(12)4-2-7/h1-4,9-12H,5-6H2. The van der Waals surface area contributed by atoms with E-state index in [-0.39, 0.29) is 18.5 Å². The van der Waals surface area contributed by atoms with Crippen LogP contribution in [-0.4, -0.2) is 29.5 Å². The highest BCUT2D eigenvalue weighted by molar-refractivity contribution is 5.26. The van der Waals surface area contributed by atoms with Crippen LogP contribution in [0.2, 0.25) is 0 Å². The van der Waals surface area contributed by atoms with Gasteiger partial charge in [0, 0.05) is 5.56 Å². The van der Waals surface area contributed by atoms with Crippen molar-refractivity contribution in [2.45, 2.75) is 12.4 Å². The fraction of sp³-hybridized carbons (Fsp3) is 0.400. The lowest BCUT2D eigenvalue weighted by atomic mass is 10.2. The van der Waals surface area contributed by atoms with Gasteiger partial charge in [-0.15, -0.1) is 0 Å². The predicted octanol–water partition coefficient (Wildman–Crippen LogP) is 0.798. The number of ether oxygens (including phenoxy) is 2. The van der Waals surface area contributed by atoms with Crippen molar-refractivity contribution >= 4 is 0 Å². The Morgan fingerprint density at radius 1 is 1.29 bits per heavy atom. The Morgan fingerprint density at radius 2 is 2.00 bits per heavy atom. The summed E-state index contributed by atoms with van der Waals surface area (Å²) in [5.41, 5.74) is 0.846. The van der Waals surface area contributed by atoms with Crippen LogP contribution in [-0.2, 0) is 9.47 Å². The van der Waals surface area contributed by atoms with Crippen LogP contribution in [0.15, 0.2) is 24.3 Å². The lowest BCUT2D eigenvalue weighted by Gasteiger charge is -2.10. The molecular formula is C10H12O4. The fourth-order valence-electron chi connectivity index (χ4n) is 1.35. The molecule has 1 aliphatic heterocycles. The van der Waals surface area contributed by atoms with E-state index in [0.29, 0.717) is 6.61 Å². The van der Waals surface area contributed by atoms with Gasteiger partial charge in [0.15, 0.2) is 6.29 Å². The Balaban J connectivity index is 2.06. The van der Waals surface area contributed by atoms with E-state index in [9.17, 15) is 0 Å². The van der Waals surface area contributed by atoms with Gasteiger partial charge in [-0.05, 0) is 12.1 Å². The molecule has 1 heterocycles. The first-order valence-corrected chi connectivity index (χ1v) is 4.46. The first-order valence-electron chi connectivity index (χ1n) is 4.46. The highest BCUT2D eigenvalue weighted by Gasteiger charge is 2.26. The third-order valence-electron chi connectivity index (χ3n) is 2.12. The number of benzene rings is 1. The minimum absolute atomic E-state index is 0.0332. The highest BCUT2D eigenvalue weighted by Crippen LogP contribution is 2.27. The van der Waals surface area contributed by atoms with E-state index in [0.717, 1.165) is 5.56 Å². The molecule has 0 spiro atoms. The molecule has 1 saturated heterocycles. The van der Waals surface area contributed by atoms with Gasteiger partial charge in [0.05, 0.1) is 13.2 Å². The average molecular weight is 196 g/mol. The van der Waals surface area contributed by atoms with Crippen LogP contribution in [0.4, 0.5) is 0 Å². The van der Waals surface area contributed by atoms with E-state index in [1.54, 1.807) is 24.3 Å². The number of aliphatic hydroxyl groups excluding tert-OH is 1. The van der Waals surface area contributed by atoms with Crippen molar-refractivity contribution in [1.29, 1.82) is 0 Å². The van der Waals surface area contributed by atoms with Gasteiger partial charge >= 0.3 is 0 Å². The second kappa shape index (κ2) is 3.96. The van der Waals surface area contributed by atoms with Gasteiger partial charge in [0.2, 0.25) is 0 Å². The van der Waals surface area contributed by atoms with Gasteiger partial charge in [0.1, 0.15) is 11.9 Å². The summed E-state index contributed by atoms with van der Waals surface area (Å²) in [4.78, 5) is 0. The molecule has 1 aromatic rings. The van der Waals surface area contributed by atoms with Crippen molar-refractivity contribution in [3.05, 3.63) is 29.8 Å². The summed E-state index contributed by atoms with van der Waals surface area (Å²) in [5, 5.41) is 17.9. The summed E-state index contributed by atoms with van der Waals surface area (Å²) < 4.78 is 10.7. The molecular weight excluding hydrogens is 184 g/mol. The number of hydrogen-bond donors (Lipinski definition) is 2. The van der Waals surface area contributed by atoms with Crippen molar-refractivity contribution in [2.24, 2.45) is 0 Å².